The molecule has 0 unspecified atom stereocenters. The lowest BCUT2D eigenvalue weighted by atomic mass is 10.1. The summed E-state index contributed by atoms with van der Waals surface area (Å²) in [4.78, 5) is 24.5. The number of nitro benzene ring substituents is 1. The molecule has 0 bridgehead atoms. The van der Waals surface area contributed by atoms with Crippen LogP contribution in [0.5, 0.6) is 0 Å². The number of nitrogens with zero attached hydrogens (tertiary/aromatic N) is 5. The number of anilines is 3. The van der Waals surface area contributed by atoms with Gasteiger partial charge in [0.25, 0.3) is 5.69 Å². The minimum Gasteiger partial charge on any atom is -0.380 e. The molecule has 1 aliphatic heterocycles. The number of piperazine rings is 1. The number of aromatic nitrogens is 2. The van der Waals surface area contributed by atoms with Gasteiger partial charge in [0.15, 0.2) is 0 Å². The van der Waals surface area contributed by atoms with Gasteiger partial charge in [0.05, 0.1) is 10.4 Å². The SMILES string of the molecule is CCNc1cc2ncnc(N3CCN(c4ccccc4)CC3)c2cc1[N+](=O)[O-]. The van der Waals surface area contributed by atoms with Gasteiger partial charge in [0, 0.05) is 49.9 Å². The molecular weight excluding hydrogens is 356 g/mol. The highest BCUT2D eigenvalue weighted by molar-refractivity contribution is 5.95. The summed E-state index contributed by atoms with van der Waals surface area (Å²) < 4.78 is 0. The highest BCUT2D eigenvalue weighted by atomic mass is 16.6. The van der Waals surface area contributed by atoms with Crippen LogP contribution in [0.4, 0.5) is 22.9 Å². The fourth-order valence-corrected chi connectivity index (χ4v) is 3.63. The monoisotopic (exact) mass is 378 g/mol. The maximum absolute atomic E-state index is 11.5. The van der Waals surface area contributed by atoms with Gasteiger partial charge in [-0.3, -0.25) is 10.1 Å². The quantitative estimate of drug-likeness (QED) is 0.538. The molecule has 4 rings (SSSR count). The molecular formula is C20H22N6O2. The Hall–Kier alpha value is -3.42. The van der Waals surface area contributed by atoms with Crippen LogP contribution in [0.15, 0.2) is 48.8 Å². The highest BCUT2D eigenvalue weighted by Crippen LogP contribution is 2.33. The van der Waals surface area contributed by atoms with Crippen molar-refractivity contribution in [3.63, 3.8) is 0 Å². The fraction of sp³-hybridized carbons (Fsp3) is 0.300. The minimum atomic E-state index is -0.360. The van der Waals surface area contributed by atoms with E-state index >= 15 is 0 Å². The standard InChI is InChI=1S/C20H22N6O2/c1-2-21-18-13-17-16(12-19(18)26(27)28)20(23-14-22-17)25-10-8-24(9-11-25)15-6-4-3-5-7-15/h3-7,12-14,21H,2,8-11H2,1H3. The second-order valence-corrected chi connectivity index (χ2v) is 6.68. The zero-order chi connectivity index (χ0) is 19.5. The van der Waals surface area contributed by atoms with E-state index in [0.29, 0.717) is 23.1 Å². The maximum atomic E-state index is 11.5. The Morgan fingerprint density at radius 2 is 1.79 bits per heavy atom. The number of rotatable bonds is 5. The summed E-state index contributed by atoms with van der Waals surface area (Å²) in [6, 6.07) is 13.7. The number of nitrogens with one attached hydrogen (secondary N) is 1. The molecule has 2 aromatic carbocycles. The molecule has 1 N–H and O–H groups in total. The van der Waals surface area contributed by atoms with Crippen LogP contribution in [0, 0.1) is 10.1 Å². The minimum absolute atomic E-state index is 0.0494. The van der Waals surface area contributed by atoms with Gasteiger partial charge >= 0.3 is 0 Å². The molecule has 3 aromatic rings. The van der Waals surface area contributed by atoms with E-state index in [1.165, 1.54) is 12.0 Å². The smallest absolute Gasteiger partial charge is 0.293 e. The molecule has 2 heterocycles. The molecule has 0 atom stereocenters. The van der Waals surface area contributed by atoms with Crippen molar-refractivity contribution in [2.24, 2.45) is 0 Å². The molecule has 1 saturated heterocycles. The first kappa shape index (κ1) is 18.0. The molecule has 1 fully saturated rings. The number of fused-ring (bicyclic) bond motifs is 1. The third-order valence-corrected chi connectivity index (χ3v) is 5.00. The van der Waals surface area contributed by atoms with Crippen LogP contribution in [0.3, 0.4) is 0 Å². The van der Waals surface area contributed by atoms with E-state index in [1.807, 2.05) is 25.1 Å². The second kappa shape index (κ2) is 7.67. The Morgan fingerprint density at radius 3 is 2.46 bits per heavy atom. The van der Waals surface area contributed by atoms with Crippen molar-refractivity contribution in [1.29, 1.82) is 0 Å². The molecule has 8 nitrogen and oxygen atoms in total. The third-order valence-electron chi connectivity index (χ3n) is 5.00. The zero-order valence-electron chi connectivity index (χ0n) is 15.7. The predicted molar refractivity (Wildman–Crippen MR) is 111 cm³/mol. The predicted octanol–water partition coefficient (Wildman–Crippen LogP) is 3.30. The van der Waals surface area contributed by atoms with Crippen LogP contribution < -0.4 is 15.1 Å². The van der Waals surface area contributed by atoms with Gasteiger partial charge < -0.3 is 15.1 Å². The number of benzene rings is 2. The van der Waals surface area contributed by atoms with E-state index < -0.39 is 0 Å². The molecule has 0 radical (unpaired) electrons. The van der Waals surface area contributed by atoms with Gasteiger partial charge in [-0.15, -0.1) is 0 Å². The zero-order valence-corrected chi connectivity index (χ0v) is 15.7. The Labute approximate surface area is 163 Å². The van der Waals surface area contributed by atoms with Crippen molar-refractivity contribution < 1.29 is 4.92 Å². The van der Waals surface area contributed by atoms with Gasteiger partial charge in [0.2, 0.25) is 0 Å². The second-order valence-electron chi connectivity index (χ2n) is 6.68. The molecule has 0 spiro atoms. The molecule has 144 valence electrons. The Bertz CT molecular complexity index is 987. The van der Waals surface area contributed by atoms with E-state index in [1.54, 1.807) is 12.1 Å². The summed E-state index contributed by atoms with van der Waals surface area (Å²) >= 11 is 0. The molecule has 0 amide bonds. The van der Waals surface area contributed by atoms with E-state index in [0.717, 1.165) is 32.0 Å². The molecule has 0 aliphatic carbocycles. The number of hydrogen-bond acceptors (Lipinski definition) is 7. The first-order valence-electron chi connectivity index (χ1n) is 9.39. The Balaban J connectivity index is 1.64. The van der Waals surface area contributed by atoms with Crippen molar-refractivity contribution in [3.8, 4) is 0 Å². The van der Waals surface area contributed by atoms with E-state index in [2.05, 4.69) is 37.2 Å². The molecule has 8 heteroatoms. The molecule has 1 aliphatic rings. The number of nitro groups is 1. The van der Waals surface area contributed by atoms with Gasteiger partial charge in [-0.1, -0.05) is 18.2 Å². The van der Waals surface area contributed by atoms with Crippen LogP contribution in [-0.4, -0.2) is 47.6 Å². The number of hydrogen-bond donors (Lipinski definition) is 1. The Morgan fingerprint density at radius 1 is 1.07 bits per heavy atom. The topological polar surface area (TPSA) is 87.4 Å². The van der Waals surface area contributed by atoms with Crippen LogP contribution >= 0.6 is 0 Å². The molecule has 1 aromatic heterocycles. The third kappa shape index (κ3) is 3.40. The van der Waals surface area contributed by atoms with Gasteiger partial charge in [0.1, 0.15) is 17.8 Å². The van der Waals surface area contributed by atoms with Crippen LogP contribution in [0.1, 0.15) is 6.92 Å². The summed E-state index contributed by atoms with van der Waals surface area (Å²) in [5.74, 6) is 0.754. The summed E-state index contributed by atoms with van der Waals surface area (Å²) in [6.07, 6.45) is 1.53. The van der Waals surface area contributed by atoms with Crippen molar-refractivity contribution in [1.82, 2.24) is 9.97 Å². The van der Waals surface area contributed by atoms with Gasteiger partial charge in [-0.25, -0.2) is 9.97 Å². The van der Waals surface area contributed by atoms with Gasteiger partial charge in [-0.05, 0) is 25.1 Å². The van der Waals surface area contributed by atoms with Crippen molar-refractivity contribution in [2.75, 3.05) is 47.8 Å². The van der Waals surface area contributed by atoms with E-state index in [-0.39, 0.29) is 10.6 Å². The summed E-state index contributed by atoms with van der Waals surface area (Å²) in [5, 5.41) is 15.3. The van der Waals surface area contributed by atoms with Gasteiger partial charge in [-0.2, -0.15) is 0 Å². The van der Waals surface area contributed by atoms with Crippen molar-refractivity contribution in [3.05, 3.63) is 58.9 Å². The normalized spacial score (nSPS) is 14.3. The van der Waals surface area contributed by atoms with E-state index in [9.17, 15) is 10.1 Å². The van der Waals surface area contributed by atoms with Crippen LogP contribution in [0.2, 0.25) is 0 Å². The summed E-state index contributed by atoms with van der Waals surface area (Å²) in [6.45, 7) is 5.84. The highest BCUT2D eigenvalue weighted by Gasteiger charge is 2.23. The molecule has 28 heavy (non-hydrogen) atoms. The van der Waals surface area contributed by atoms with E-state index in [4.69, 9.17) is 0 Å². The average molecular weight is 378 g/mol. The largest absolute Gasteiger partial charge is 0.380 e. The van der Waals surface area contributed by atoms with Crippen LogP contribution in [0.25, 0.3) is 10.9 Å². The molecule has 0 saturated carbocycles. The average Bonchev–Trinajstić information content (AvgIpc) is 2.73. The summed E-state index contributed by atoms with van der Waals surface area (Å²) in [5.41, 5.74) is 2.45. The lowest BCUT2D eigenvalue weighted by molar-refractivity contribution is -0.383. The lowest BCUT2D eigenvalue weighted by Gasteiger charge is -2.37. The first-order valence-corrected chi connectivity index (χ1v) is 9.39. The Kier molecular flexibility index (Phi) is 4.92. The fourth-order valence-electron chi connectivity index (χ4n) is 3.63. The first-order chi connectivity index (χ1) is 13.7. The van der Waals surface area contributed by atoms with Crippen molar-refractivity contribution >= 4 is 33.8 Å². The van der Waals surface area contributed by atoms with Crippen molar-refractivity contribution in [2.45, 2.75) is 6.92 Å². The van der Waals surface area contributed by atoms with Crippen LogP contribution in [-0.2, 0) is 0 Å². The lowest BCUT2D eigenvalue weighted by Crippen LogP contribution is -2.46. The summed E-state index contributed by atoms with van der Waals surface area (Å²) in [7, 11) is 0. The maximum Gasteiger partial charge on any atom is 0.293 e. The number of para-hydroxylation sites is 1.